The number of allylic oxidation sites excluding steroid dienone is 4. The first-order valence-corrected chi connectivity index (χ1v) is 8.93. The van der Waals surface area contributed by atoms with Crippen LogP contribution in [0.3, 0.4) is 0 Å². The molecule has 0 unspecified atom stereocenters. The van der Waals surface area contributed by atoms with Gasteiger partial charge in [0.25, 0.3) is 0 Å². The predicted molar refractivity (Wildman–Crippen MR) is 104 cm³/mol. The lowest BCUT2D eigenvalue weighted by Gasteiger charge is -2.18. The lowest BCUT2D eigenvalue weighted by molar-refractivity contribution is 0.0697. The predicted octanol–water partition coefficient (Wildman–Crippen LogP) is 4.69. The second-order valence-corrected chi connectivity index (χ2v) is 6.42. The maximum absolute atomic E-state index is 11.2. The Morgan fingerprint density at radius 3 is 2.96 bits per heavy atom. The molecule has 0 amide bonds. The fraction of sp³-hybridized carbons (Fsp3) is 0.136. The summed E-state index contributed by atoms with van der Waals surface area (Å²) < 4.78 is 11.4. The van der Waals surface area contributed by atoms with Crippen molar-refractivity contribution in [3.05, 3.63) is 89.9 Å². The molecule has 2 heterocycles. The molecule has 140 valence electrons. The molecule has 2 aromatic rings. The van der Waals surface area contributed by atoms with E-state index in [4.69, 9.17) is 9.47 Å². The molecule has 1 aliphatic heterocycles. The number of carboxylic acids is 1. The van der Waals surface area contributed by atoms with E-state index in [1.807, 2.05) is 0 Å². The first kappa shape index (κ1) is 17.7. The van der Waals surface area contributed by atoms with Gasteiger partial charge in [-0.1, -0.05) is 35.9 Å². The Kier molecular flexibility index (Phi) is 5.01. The molecule has 0 atom stereocenters. The molecule has 1 aromatic heterocycles. The minimum atomic E-state index is -0.994. The van der Waals surface area contributed by atoms with Crippen LogP contribution >= 0.6 is 0 Å². The van der Waals surface area contributed by atoms with Crippen LogP contribution in [0.15, 0.2) is 78.6 Å². The fourth-order valence-corrected chi connectivity index (χ4v) is 3.00. The molecule has 0 bridgehead atoms. The van der Waals surface area contributed by atoms with Crippen LogP contribution in [0.1, 0.15) is 35.3 Å². The third-order valence-corrected chi connectivity index (χ3v) is 4.39. The van der Waals surface area contributed by atoms with Crippen molar-refractivity contribution < 1.29 is 19.4 Å². The third kappa shape index (κ3) is 4.01. The zero-order chi connectivity index (χ0) is 19.3. The van der Waals surface area contributed by atoms with Crippen LogP contribution in [0.4, 0.5) is 0 Å². The van der Waals surface area contributed by atoms with Gasteiger partial charge in [-0.15, -0.1) is 0 Å². The summed E-state index contributed by atoms with van der Waals surface area (Å²) in [6.45, 7) is 0. The van der Waals surface area contributed by atoms with E-state index >= 15 is 0 Å². The molecule has 2 aliphatic rings. The highest BCUT2D eigenvalue weighted by Gasteiger charge is 2.16. The summed E-state index contributed by atoms with van der Waals surface area (Å²) in [5.41, 5.74) is 2.65. The van der Waals surface area contributed by atoms with E-state index in [1.54, 1.807) is 36.7 Å². The largest absolute Gasteiger partial charge is 0.478 e. The number of hydrogen-bond donors (Lipinski definition) is 1. The second-order valence-electron chi connectivity index (χ2n) is 6.42. The fourth-order valence-electron chi connectivity index (χ4n) is 3.00. The summed E-state index contributed by atoms with van der Waals surface area (Å²) in [6, 6.07) is 8.24. The number of nitrogens with zero attached hydrogens (tertiary/aromatic N) is 2. The normalized spacial score (nSPS) is 15.6. The van der Waals surface area contributed by atoms with Gasteiger partial charge in [0, 0.05) is 18.2 Å². The molecular formula is C22H18N2O4. The standard InChI is InChI=1S/C22H18N2O4/c25-22(26)17-8-4-7-16(12-17)21-23-10-9-19(24-21)20-14-27-13-18(28-20)11-15-5-2-1-3-6-15/h1-2,4-5,7-10,12-14H,3,6,11H2,(H,25,26). The highest BCUT2D eigenvalue weighted by atomic mass is 16.5. The average molecular weight is 374 g/mol. The smallest absolute Gasteiger partial charge is 0.335 e. The highest BCUT2D eigenvalue weighted by molar-refractivity contribution is 5.89. The maximum atomic E-state index is 11.2. The Morgan fingerprint density at radius 1 is 1.21 bits per heavy atom. The van der Waals surface area contributed by atoms with E-state index in [0.717, 1.165) is 12.8 Å². The van der Waals surface area contributed by atoms with E-state index in [2.05, 4.69) is 28.2 Å². The summed E-state index contributed by atoms with van der Waals surface area (Å²) in [7, 11) is 0. The van der Waals surface area contributed by atoms with Crippen molar-refractivity contribution in [3.63, 3.8) is 0 Å². The Labute approximate surface area is 162 Å². The summed E-state index contributed by atoms with van der Waals surface area (Å²) in [5.74, 6) is 0.627. The van der Waals surface area contributed by atoms with Gasteiger partial charge in [-0.3, -0.25) is 0 Å². The number of aromatic carboxylic acids is 1. The van der Waals surface area contributed by atoms with Gasteiger partial charge < -0.3 is 14.6 Å². The monoisotopic (exact) mass is 374 g/mol. The van der Waals surface area contributed by atoms with Crippen LogP contribution in [0.5, 0.6) is 0 Å². The van der Waals surface area contributed by atoms with Crippen molar-refractivity contribution in [2.75, 3.05) is 0 Å². The molecule has 6 heteroatoms. The van der Waals surface area contributed by atoms with Gasteiger partial charge in [-0.05, 0) is 31.0 Å². The molecule has 4 rings (SSSR count). The van der Waals surface area contributed by atoms with Crippen molar-refractivity contribution in [1.82, 2.24) is 9.97 Å². The molecule has 0 spiro atoms. The average Bonchev–Trinajstić information content (AvgIpc) is 2.75. The molecule has 1 aliphatic carbocycles. The first-order chi connectivity index (χ1) is 13.7. The van der Waals surface area contributed by atoms with Gasteiger partial charge in [0.05, 0.1) is 5.56 Å². The van der Waals surface area contributed by atoms with Crippen molar-refractivity contribution in [2.45, 2.75) is 19.3 Å². The van der Waals surface area contributed by atoms with Crippen LogP contribution < -0.4 is 0 Å². The molecule has 1 N–H and O–H groups in total. The Bertz CT molecular complexity index is 1030. The third-order valence-electron chi connectivity index (χ3n) is 4.39. The van der Waals surface area contributed by atoms with E-state index < -0.39 is 5.97 Å². The van der Waals surface area contributed by atoms with Crippen molar-refractivity contribution in [1.29, 1.82) is 0 Å². The molecule has 0 fully saturated rings. The number of carboxylic acid groups (broad SMARTS) is 1. The van der Waals surface area contributed by atoms with E-state index in [0.29, 0.717) is 35.0 Å². The summed E-state index contributed by atoms with van der Waals surface area (Å²) >= 11 is 0. The van der Waals surface area contributed by atoms with E-state index in [9.17, 15) is 9.90 Å². The Morgan fingerprint density at radius 2 is 2.14 bits per heavy atom. The minimum Gasteiger partial charge on any atom is -0.478 e. The lowest BCUT2D eigenvalue weighted by atomic mass is 10.0. The number of carbonyl (C=O) groups is 1. The van der Waals surface area contributed by atoms with Gasteiger partial charge >= 0.3 is 5.97 Å². The number of aromatic nitrogens is 2. The highest BCUT2D eigenvalue weighted by Crippen LogP contribution is 2.28. The van der Waals surface area contributed by atoms with Gasteiger partial charge in [-0.2, -0.15) is 0 Å². The van der Waals surface area contributed by atoms with Crippen LogP contribution in [-0.4, -0.2) is 21.0 Å². The molecular weight excluding hydrogens is 356 g/mol. The quantitative estimate of drug-likeness (QED) is 0.817. The number of rotatable bonds is 5. The van der Waals surface area contributed by atoms with Gasteiger partial charge in [0.15, 0.2) is 11.6 Å². The lowest BCUT2D eigenvalue weighted by Crippen LogP contribution is -2.04. The zero-order valence-corrected chi connectivity index (χ0v) is 15.0. The Hall–Kier alpha value is -3.67. The van der Waals surface area contributed by atoms with Crippen LogP contribution in [0.2, 0.25) is 0 Å². The van der Waals surface area contributed by atoms with E-state index in [1.165, 1.54) is 17.9 Å². The minimum absolute atomic E-state index is 0.183. The first-order valence-electron chi connectivity index (χ1n) is 8.93. The van der Waals surface area contributed by atoms with Gasteiger partial charge in [0.2, 0.25) is 0 Å². The number of ether oxygens (including phenoxy) is 2. The second kappa shape index (κ2) is 7.92. The molecule has 0 radical (unpaired) electrons. The number of hydrogen-bond acceptors (Lipinski definition) is 5. The van der Waals surface area contributed by atoms with Crippen LogP contribution in [0.25, 0.3) is 17.1 Å². The summed E-state index contributed by atoms with van der Waals surface area (Å²) in [4.78, 5) is 20.0. The van der Waals surface area contributed by atoms with Gasteiger partial charge in [0.1, 0.15) is 24.0 Å². The zero-order valence-electron chi connectivity index (χ0n) is 15.0. The summed E-state index contributed by atoms with van der Waals surface area (Å²) in [6.07, 6.45) is 13.7. The van der Waals surface area contributed by atoms with Crippen LogP contribution in [-0.2, 0) is 9.47 Å². The SMILES string of the molecule is O=C(O)c1cccc(-c2nccc(C3=COC=C(CC4=CC=CCC4)O3)n2)c1. The van der Waals surface area contributed by atoms with Crippen molar-refractivity contribution in [2.24, 2.45) is 0 Å². The summed E-state index contributed by atoms with van der Waals surface area (Å²) in [5, 5.41) is 9.18. The van der Waals surface area contributed by atoms with Crippen LogP contribution in [0, 0.1) is 0 Å². The molecule has 28 heavy (non-hydrogen) atoms. The molecule has 0 saturated heterocycles. The number of benzene rings is 1. The van der Waals surface area contributed by atoms with Crippen molar-refractivity contribution in [3.8, 4) is 11.4 Å². The maximum Gasteiger partial charge on any atom is 0.335 e. The van der Waals surface area contributed by atoms with Crippen molar-refractivity contribution >= 4 is 11.7 Å². The molecule has 1 aromatic carbocycles. The Balaban J connectivity index is 1.54. The topological polar surface area (TPSA) is 81.5 Å². The molecule has 0 saturated carbocycles. The molecule has 6 nitrogen and oxygen atoms in total. The van der Waals surface area contributed by atoms with E-state index in [-0.39, 0.29) is 5.56 Å². The van der Waals surface area contributed by atoms with Gasteiger partial charge in [-0.25, -0.2) is 14.8 Å².